The molecule has 0 saturated heterocycles. The molecule has 5 heteroatoms. The van der Waals surface area contributed by atoms with Crippen molar-refractivity contribution in [1.82, 2.24) is 0 Å². The van der Waals surface area contributed by atoms with Crippen LogP contribution in [0.25, 0.3) is 0 Å². The van der Waals surface area contributed by atoms with E-state index in [4.69, 9.17) is 9.47 Å². The SMILES string of the molecule is C=CCOc1ccc(NC(=O)CNc2ccc(OCCCCCCC)cc2)cc1. The van der Waals surface area contributed by atoms with Crippen LogP contribution in [0, 0.1) is 0 Å². The van der Waals surface area contributed by atoms with Gasteiger partial charge in [-0.05, 0) is 55.0 Å². The van der Waals surface area contributed by atoms with Gasteiger partial charge in [0.15, 0.2) is 0 Å². The lowest BCUT2D eigenvalue weighted by Gasteiger charge is -2.10. The topological polar surface area (TPSA) is 59.6 Å². The molecule has 0 spiro atoms. The van der Waals surface area contributed by atoms with Gasteiger partial charge in [0, 0.05) is 11.4 Å². The van der Waals surface area contributed by atoms with Gasteiger partial charge in [-0.3, -0.25) is 4.79 Å². The highest BCUT2D eigenvalue weighted by Gasteiger charge is 2.03. The maximum atomic E-state index is 12.1. The fourth-order valence-corrected chi connectivity index (χ4v) is 2.74. The molecule has 0 heterocycles. The Bertz CT molecular complexity index is 727. The quantitative estimate of drug-likeness (QED) is 0.320. The van der Waals surface area contributed by atoms with Gasteiger partial charge in [-0.15, -0.1) is 0 Å². The number of nitrogens with one attached hydrogen (secondary N) is 2. The van der Waals surface area contributed by atoms with Gasteiger partial charge in [-0.25, -0.2) is 0 Å². The molecule has 0 atom stereocenters. The first kappa shape index (κ1) is 22.3. The number of carbonyl (C=O) groups excluding carboxylic acids is 1. The summed E-state index contributed by atoms with van der Waals surface area (Å²) >= 11 is 0. The normalized spacial score (nSPS) is 10.2. The number of hydrogen-bond acceptors (Lipinski definition) is 4. The summed E-state index contributed by atoms with van der Waals surface area (Å²) in [7, 11) is 0. The predicted molar refractivity (Wildman–Crippen MR) is 120 cm³/mol. The first-order valence-electron chi connectivity index (χ1n) is 10.3. The summed E-state index contributed by atoms with van der Waals surface area (Å²) in [6, 6.07) is 14.9. The molecule has 0 saturated carbocycles. The van der Waals surface area contributed by atoms with Crippen molar-refractivity contribution in [3.8, 4) is 11.5 Å². The third-order valence-corrected chi connectivity index (χ3v) is 4.33. The first-order chi connectivity index (χ1) is 14.2. The summed E-state index contributed by atoms with van der Waals surface area (Å²) in [6.45, 7) is 7.22. The number of unbranched alkanes of at least 4 members (excludes halogenated alkanes) is 4. The van der Waals surface area contributed by atoms with Crippen LogP contribution in [0.5, 0.6) is 11.5 Å². The van der Waals surface area contributed by atoms with Crippen molar-refractivity contribution in [2.24, 2.45) is 0 Å². The summed E-state index contributed by atoms with van der Waals surface area (Å²) in [5.74, 6) is 1.48. The minimum absolute atomic E-state index is 0.114. The van der Waals surface area contributed by atoms with Crippen LogP contribution in [0.4, 0.5) is 11.4 Å². The minimum atomic E-state index is -0.114. The van der Waals surface area contributed by atoms with Crippen molar-refractivity contribution in [2.45, 2.75) is 39.0 Å². The largest absolute Gasteiger partial charge is 0.494 e. The Labute approximate surface area is 174 Å². The zero-order valence-corrected chi connectivity index (χ0v) is 17.3. The van der Waals surface area contributed by atoms with E-state index in [-0.39, 0.29) is 12.5 Å². The molecule has 0 aliphatic heterocycles. The zero-order chi connectivity index (χ0) is 20.7. The zero-order valence-electron chi connectivity index (χ0n) is 17.3. The van der Waals surface area contributed by atoms with E-state index in [1.807, 2.05) is 48.5 Å². The molecule has 5 nitrogen and oxygen atoms in total. The average molecular weight is 397 g/mol. The van der Waals surface area contributed by atoms with Crippen LogP contribution in [0.1, 0.15) is 39.0 Å². The molecule has 156 valence electrons. The minimum Gasteiger partial charge on any atom is -0.494 e. The van der Waals surface area contributed by atoms with Gasteiger partial charge in [-0.2, -0.15) is 0 Å². The van der Waals surface area contributed by atoms with Crippen LogP contribution in [0.2, 0.25) is 0 Å². The van der Waals surface area contributed by atoms with Crippen LogP contribution in [0.3, 0.4) is 0 Å². The van der Waals surface area contributed by atoms with E-state index in [0.29, 0.717) is 6.61 Å². The molecule has 29 heavy (non-hydrogen) atoms. The Morgan fingerprint density at radius 1 is 0.897 bits per heavy atom. The Morgan fingerprint density at radius 2 is 1.52 bits per heavy atom. The van der Waals surface area contributed by atoms with Crippen molar-refractivity contribution in [2.75, 3.05) is 30.4 Å². The lowest BCUT2D eigenvalue weighted by atomic mass is 10.2. The van der Waals surface area contributed by atoms with Gasteiger partial charge >= 0.3 is 0 Å². The first-order valence-corrected chi connectivity index (χ1v) is 10.3. The molecular formula is C24H32N2O3. The Kier molecular flexibility index (Phi) is 10.2. The summed E-state index contributed by atoms with van der Waals surface area (Å²) in [6.07, 6.45) is 7.81. The van der Waals surface area contributed by atoms with E-state index >= 15 is 0 Å². The fraction of sp³-hybridized carbons (Fsp3) is 0.375. The van der Waals surface area contributed by atoms with E-state index in [9.17, 15) is 4.79 Å². The summed E-state index contributed by atoms with van der Waals surface area (Å²) in [5.41, 5.74) is 1.61. The van der Waals surface area contributed by atoms with Crippen LogP contribution in [-0.4, -0.2) is 25.7 Å². The van der Waals surface area contributed by atoms with Gasteiger partial charge in [0.25, 0.3) is 0 Å². The number of anilines is 2. The number of benzene rings is 2. The molecule has 2 rings (SSSR count). The molecular weight excluding hydrogens is 364 g/mol. The third-order valence-electron chi connectivity index (χ3n) is 4.33. The second-order valence-corrected chi connectivity index (χ2v) is 6.81. The molecule has 2 N–H and O–H groups in total. The Morgan fingerprint density at radius 3 is 2.17 bits per heavy atom. The highest BCUT2D eigenvalue weighted by molar-refractivity contribution is 5.93. The summed E-state index contributed by atoms with van der Waals surface area (Å²) < 4.78 is 11.2. The van der Waals surface area contributed by atoms with Crippen LogP contribution in [0.15, 0.2) is 61.2 Å². The van der Waals surface area contributed by atoms with Crippen LogP contribution >= 0.6 is 0 Å². The maximum Gasteiger partial charge on any atom is 0.243 e. The smallest absolute Gasteiger partial charge is 0.243 e. The number of rotatable bonds is 14. The lowest BCUT2D eigenvalue weighted by Crippen LogP contribution is -2.21. The molecule has 0 fully saturated rings. The van der Waals surface area contributed by atoms with Crippen molar-refractivity contribution in [3.05, 3.63) is 61.2 Å². The van der Waals surface area contributed by atoms with Gasteiger partial charge < -0.3 is 20.1 Å². The Hall–Kier alpha value is -2.95. The molecule has 0 radical (unpaired) electrons. The standard InChI is InChI=1S/C24H32N2O3/c1-3-5-6-7-8-18-29-23-13-9-20(10-14-23)25-19-24(27)26-21-11-15-22(16-12-21)28-17-4-2/h4,9-16,25H,2-3,5-8,17-19H2,1H3,(H,26,27). The summed E-state index contributed by atoms with van der Waals surface area (Å²) in [4.78, 5) is 12.1. The molecule has 0 aliphatic carbocycles. The fourth-order valence-electron chi connectivity index (χ4n) is 2.74. The van der Waals surface area contributed by atoms with Crippen molar-refractivity contribution in [3.63, 3.8) is 0 Å². The molecule has 0 bridgehead atoms. The van der Waals surface area contributed by atoms with Crippen LogP contribution in [-0.2, 0) is 4.79 Å². The molecule has 0 unspecified atom stereocenters. The number of amides is 1. The van der Waals surface area contributed by atoms with Crippen molar-refractivity contribution >= 4 is 17.3 Å². The van der Waals surface area contributed by atoms with Crippen molar-refractivity contribution in [1.29, 1.82) is 0 Å². The average Bonchev–Trinajstić information content (AvgIpc) is 2.75. The predicted octanol–water partition coefficient (Wildman–Crippen LogP) is 5.65. The number of carbonyl (C=O) groups is 1. The van der Waals surface area contributed by atoms with E-state index in [1.165, 1.54) is 25.7 Å². The van der Waals surface area contributed by atoms with Gasteiger partial charge in [0.05, 0.1) is 13.2 Å². The van der Waals surface area contributed by atoms with E-state index in [1.54, 1.807) is 6.08 Å². The summed E-state index contributed by atoms with van der Waals surface area (Å²) in [5, 5.41) is 5.97. The number of ether oxygens (including phenoxy) is 2. The highest BCUT2D eigenvalue weighted by atomic mass is 16.5. The molecule has 2 aromatic carbocycles. The second kappa shape index (κ2) is 13.3. The van der Waals surface area contributed by atoms with E-state index in [2.05, 4.69) is 24.1 Å². The monoisotopic (exact) mass is 396 g/mol. The van der Waals surface area contributed by atoms with E-state index in [0.717, 1.165) is 35.9 Å². The third kappa shape index (κ3) is 9.19. The highest BCUT2D eigenvalue weighted by Crippen LogP contribution is 2.17. The number of hydrogen-bond donors (Lipinski definition) is 2. The molecule has 2 aromatic rings. The van der Waals surface area contributed by atoms with Gasteiger partial charge in [-0.1, -0.05) is 45.3 Å². The van der Waals surface area contributed by atoms with Gasteiger partial charge in [0.2, 0.25) is 5.91 Å². The second-order valence-electron chi connectivity index (χ2n) is 6.81. The molecule has 1 amide bonds. The van der Waals surface area contributed by atoms with Gasteiger partial charge in [0.1, 0.15) is 18.1 Å². The van der Waals surface area contributed by atoms with Crippen LogP contribution < -0.4 is 20.1 Å². The molecule has 0 aromatic heterocycles. The van der Waals surface area contributed by atoms with Crippen molar-refractivity contribution < 1.29 is 14.3 Å². The maximum absolute atomic E-state index is 12.1. The van der Waals surface area contributed by atoms with E-state index < -0.39 is 0 Å². The molecule has 0 aliphatic rings. The lowest BCUT2D eigenvalue weighted by molar-refractivity contribution is -0.114. The Balaban J connectivity index is 1.67.